The molecule has 3 aromatic carbocycles. The summed E-state index contributed by atoms with van der Waals surface area (Å²) in [5, 5.41) is 9.15. The van der Waals surface area contributed by atoms with Crippen LogP contribution in [-0.4, -0.2) is 16.9 Å². The molecule has 1 saturated carbocycles. The van der Waals surface area contributed by atoms with E-state index < -0.39 is 0 Å². The first-order valence-electron chi connectivity index (χ1n) is 12.4. The van der Waals surface area contributed by atoms with E-state index in [2.05, 4.69) is 33.1 Å². The molecular weight excluding hydrogens is 468 g/mol. The van der Waals surface area contributed by atoms with E-state index in [0.29, 0.717) is 16.6 Å². The topological polar surface area (TPSA) is 83.1 Å². The highest BCUT2D eigenvalue weighted by molar-refractivity contribution is 7.22. The smallest absolute Gasteiger partial charge is 0.322 e. The average Bonchev–Trinajstić information content (AvgIpc) is 3.28. The van der Waals surface area contributed by atoms with Gasteiger partial charge in [0.15, 0.2) is 5.13 Å². The van der Waals surface area contributed by atoms with E-state index >= 15 is 0 Å². The molecule has 1 heterocycles. The van der Waals surface area contributed by atoms with Crippen LogP contribution in [0.25, 0.3) is 10.2 Å². The Kier molecular flexibility index (Phi) is 7.00. The van der Waals surface area contributed by atoms with E-state index in [9.17, 15) is 9.59 Å². The second-order valence-electron chi connectivity index (χ2n) is 9.51. The fourth-order valence-corrected chi connectivity index (χ4v) is 5.70. The normalized spacial score (nSPS) is 13.9. The molecule has 0 radical (unpaired) electrons. The first kappa shape index (κ1) is 24.0. The van der Waals surface area contributed by atoms with Crippen molar-refractivity contribution < 1.29 is 9.59 Å². The number of thiazole rings is 1. The summed E-state index contributed by atoms with van der Waals surface area (Å²) in [5.41, 5.74) is 6.33. The lowest BCUT2D eigenvalue weighted by Crippen LogP contribution is -2.19. The van der Waals surface area contributed by atoms with Crippen LogP contribution in [0.3, 0.4) is 0 Å². The molecule has 0 spiro atoms. The minimum absolute atomic E-state index is 0.179. The number of aryl methyl sites for hydroxylation is 2. The third kappa shape index (κ3) is 5.57. The molecule has 1 aromatic heterocycles. The molecule has 1 aliphatic carbocycles. The Morgan fingerprint density at radius 1 is 0.861 bits per heavy atom. The molecule has 6 nitrogen and oxygen atoms in total. The Balaban J connectivity index is 1.22. The van der Waals surface area contributed by atoms with Gasteiger partial charge in [-0.2, -0.15) is 0 Å². The van der Waals surface area contributed by atoms with Gasteiger partial charge < -0.3 is 10.6 Å². The summed E-state index contributed by atoms with van der Waals surface area (Å²) in [6, 6.07) is 19.1. The van der Waals surface area contributed by atoms with E-state index in [4.69, 9.17) is 0 Å². The zero-order chi connectivity index (χ0) is 25.1. The van der Waals surface area contributed by atoms with Crippen LogP contribution in [0.4, 0.5) is 21.3 Å². The lowest BCUT2D eigenvalue weighted by Gasteiger charge is -2.22. The number of nitrogens with one attached hydrogen (secondary N) is 3. The highest BCUT2D eigenvalue weighted by Gasteiger charge is 2.16. The first-order chi connectivity index (χ1) is 17.4. The summed E-state index contributed by atoms with van der Waals surface area (Å²) in [4.78, 5) is 29.9. The van der Waals surface area contributed by atoms with Gasteiger partial charge in [0.2, 0.25) is 0 Å². The van der Waals surface area contributed by atoms with Crippen LogP contribution >= 0.6 is 11.3 Å². The highest BCUT2D eigenvalue weighted by atomic mass is 32.1. The molecule has 0 unspecified atom stereocenters. The number of urea groups is 1. The van der Waals surface area contributed by atoms with E-state index in [1.807, 2.05) is 44.2 Å². The van der Waals surface area contributed by atoms with Crippen molar-refractivity contribution in [1.29, 1.82) is 0 Å². The Hall–Kier alpha value is -3.71. The van der Waals surface area contributed by atoms with Gasteiger partial charge in [-0.1, -0.05) is 60.4 Å². The van der Waals surface area contributed by atoms with Crippen LogP contribution in [-0.2, 0) is 0 Å². The largest absolute Gasteiger partial charge is 0.325 e. The molecule has 0 bridgehead atoms. The van der Waals surface area contributed by atoms with Crippen LogP contribution in [0.5, 0.6) is 0 Å². The van der Waals surface area contributed by atoms with E-state index in [0.717, 1.165) is 32.7 Å². The van der Waals surface area contributed by atoms with Crippen molar-refractivity contribution in [3.8, 4) is 0 Å². The number of hydrogen-bond acceptors (Lipinski definition) is 4. The second kappa shape index (κ2) is 10.5. The van der Waals surface area contributed by atoms with Crippen molar-refractivity contribution in [2.24, 2.45) is 0 Å². The van der Waals surface area contributed by atoms with Gasteiger partial charge in [0.1, 0.15) is 0 Å². The van der Waals surface area contributed by atoms with Crippen molar-refractivity contribution >= 4 is 50.0 Å². The number of aromatic nitrogens is 1. The summed E-state index contributed by atoms with van der Waals surface area (Å²) in [5.74, 6) is 0.457. The Labute approximate surface area is 215 Å². The van der Waals surface area contributed by atoms with Gasteiger partial charge in [0.05, 0.1) is 10.2 Å². The van der Waals surface area contributed by atoms with Gasteiger partial charge in [-0.05, 0) is 80.1 Å². The van der Waals surface area contributed by atoms with Crippen LogP contribution in [0, 0.1) is 13.8 Å². The summed E-state index contributed by atoms with van der Waals surface area (Å²) in [6.45, 7) is 4.00. The maximum atomic E-state index is 12.8. The number of benzene rings is 3. The Bertz CT molecular complexity index is 1400. The molecule has 0 aliphatic heterocycles. The average molecular weight is 499 g/mol. The number of amides is 3. The number of carbonyl (C=O) groups excluding carboxylic acids is 2. The Morgan fingerprint density at radius 2 is 1.64 bits per heavy atom. The maximum absolute atomic E-state index is 12.8. The van der Waals surface area contributed by atoms with Gasteiger partial charge in [0, 0.05) is 16.9 Å². The number of fused-ring (bicyclic) bond motifs is 1. The third-order valence-electron chi connectivity index (χ3n) is 6.75. The molecule has 3 N–H and O–H groups in total. The van der Waals surface area contributed by atoms with Crippen molar-refractivity contribution in [3.05, 3.63) is 82.9 Å². The molecular formula is C29H30N4O2S. The SMILES string of the molecule is Cc1ccc(NC(=O)c2ccc3nc(NC(=O)Nc4ccc(C5CCCCC5)cc4)sc3c2)c(C)c1. The number of nitrogens with zero attached hydrogens (tertiary/aromatic N) is 1. The lowest BCUT2D eigenvalue weighted by atomic mass is 9.84. The first-order valence-corrected chi connectivity index (χ1v) is 13.2. The number of rotatable bonds is 5. The van der Waals surface area contributed by atoms with Crippen LogP contribution in [0.1, 0.15) is 65.1 Å². The molecule has 5 rings (SSSR count). The predicted molar refractivity (Wildman–Crippen MR) is 148 cm³/mol. The molecule has 36 heavy (non-hydrogen) atoms. The summed E-state index contributed by atoms with van der Waals surface area (Å²) >= 11 is 1.34. The molecule has 1 aliphatic rings. The zero-order valence-corrected chi connectivity index (χ0v) is 21.4. The quantitative estimate of drug-likeness (QED) is 0.262. The minimum atomic E-state index is -0.340. The summed E-state index contributed by atoms with van der Waals surface area (Å²) in [6.07, 6.45) is 6.44. The summed E-state index contributed by atoms with van der Waals surface area (Å²) < 4.78 is 0.829. The van der Waals surface area contributed by atoms with Crippen LogP contribution < -0.4 is 16.0 Å². The Morgan fingerprint density at radius 3 is 2.39 bits per heavy atom. The number of hydrogen-bond donors (Lipinski definition) is 3. The third-order valence-corrected chi connectivity index (χ3v) is 7.68. The monoisotopic (exact) mass is 498 g/mol. The van der Waals surface area contributed by atoms with Crippen molar-refractivity contribution in [2.75, 3.05) is 16.0 Å². The van der Waals surface area contributed by atoms with E-state index in [1.54, 1.807) is 18.2 Å². The van der Waals surface area contributed by atoms with Crippen molar-refractivity contribution in [2.45, 2.75) is 51.9 Å². The molecule has 1 fully saturated rings. The minimum Gasteiger partial charge on any atom is -0.322 e. The fourth-order valence-electron chi connectivity index (χ4n) is 4.80. The van der Waals surface area contributed by atoms with Crippen LogP contribution in [0.2, 0.25) is 0 Å². The highest BCUT2D eigenvalue weighted by Crippen LogP contribution is 2.33. The van der Waals surface area contributed by atoms with Crippen molar-refractivity contribution in [1.82, 2.24) is 4.98 Å². The lowest BCUT2D eigenvalue weighted by molar-refractivity contribution is 0.102. The number of anilines is 3. The fraction of sp³-hybridized carbons (Fsp3) is 0.276. The van der Waals surface area contributed by atoms with Crippen molar-refractivity contribution in [3.63, 3.8) is 0 Å². The standard InChI is InChI=1S/C29H30N4O2S/c1-18-8-14-24(19(2)16-18)31-27(34)22-11-15-25-26(17-22)36-29(32-25)33-28(35)30-23-12-9-21(10-13-23)20-6-4-3-5-7-20/h8-17,20H,3-7H2,1-2H3,(H,31,34)(H2,30,32,33,35). The molecule has 184 valence electrons. The molecule has 7 heteroatoms. The van der Waals surface area contributed by atoms with Gasteiger partial charge in [-0.15, -0.1) is 0 Å². The van der Waals surface area contributed by atoms with E-state index in [-0.39, 0.29) is 11.9 Å². The predicted octanol–water partition coefficient (Wildman–Crippen LogP) is 7.86. The second-order valence-corrected chi connectivity index (χ2v) is 10.5. The number of carbonyl (C=O) groups is 2. The van der Waals surface area contributed by atoms with Gasteiger partial charge in [-0.3, -0.25) is 10.1 Å². The van der Waals surface area contributed by atoms with E-state index in [1.165, 1.54) is 49.0 Å². The van der Waals surface area contributed by atoms with Gasteiger partial charge >= 0.3 is 6.03 Å². The van der Waals surface area contributed by atoms with Gasteiger partial charge in [0.25, 0.3) is 5.91 Å². The molecule has 4 aromatic rings. The molecule has 0 saturated heterocycles. The summed E-state index contributed by atoms with van der Waals surface area (Å²) in [7, 11) is 0. The van der Waals surface area contributed by atoms with Crippen LogP contribution in [0.15, 0.2) is 60.7 Å². The maximum Gasteiger partial charge on any atom is 0.325 e. The van der Waals surface area contributed by atoms with Gasteiger partial charge in [-0.25, -0.2) is 9.78 Å². The molecule has 0 atom stereocenters. The zero-order valence-electron chi connectivity index (χ0n) is 20.6. The molecule has 3 amide bonds.